The molecule has 0 heterocycles. The van der Waals surface area contributed by atoms with Crippen LogP contribution >= 0.6 is 23.2 Å². The van der Waals surface area contributed by atoms with Crippen LogP contribution in [-0.2, 0) is 6.61 Å². The Bertz CT molecular complexity index is 664. The zero-order valence-electron chi connectivity index (χ0n) is 9.98. The Morgan fingerprint density at radius 2 is 2.00 bits per heavy atom. The van der Waals surface area contributed by atoms with E-state index in [1.807, 2.05) is 0 Å². The molecule has 0 aromatic heterocycles. The third kappa shape index (κ3) is 3.18. The van der Waals surface area contributed by atoms with Crippen LogP contribution in [0.25, 0.3) is 0 Å². The SMILES string of the molecule is O=[N+]([O-])c1ccc(Cl)cc1OCc1cccc(F)c1Cl. The molecule has 104 valence electrons. The van der Waals surface area contributed by atoms with E-state index in [0.29, 0.717) is 10.6 Å². The van der Waals surface area contributed by atoms with Crippen LogP contribution in [0.4, 0.5) is 10.1 Å². The molecule has 0 saturated carbocycles. The van der Waals surface area contributed by atoms with Gasteiger partial charge in [0.1, 0.15) is 12.4 Å². The van der Waals surface area contributed by atoms with E-state index in [9.17, 15) is 14.5 Å². The maximum atomic E-state index is 13.3. The summed E-state index contributed by atoms with van der Waals surface area (Å²) in [5, 5.41) is 11.1. The van der Waals surface area contributed by atoms with Gasteiger partial charge in [-0.05, 0) is 12.1 Å². The van der Waals surface area contributed by atoms with E-state index < -0.39 is 10.7 Å². The molecule has 2 aromatic carbocycles. The first kappa shape index (κ1) is 14.6. The van der Waals surface area contributed by atoms with Gasteiger partial charge in [0.05, 0.1) is 9.95 Å². The average Bonchev–Trinajstić information content (AvgIpc) is 2.40. The lowest BCUT2D eigenvalue weighted by molar-refractivity contribution is -0.385. The molecule has 7 heteroatoms. The summed E-state index contributed by atoms with van der Waals surface area (Å²) in [5.74, 6) is -0.573. The standard InChI is InChI=1S/C13H8Cl2FNO3/c14-9-4-5-11(17(18)19)12(6-9)20-7-8-2-1-3-10(16)13(8)15/h1-6H,7H2. The van der Waals surface area contributed by atoms with Gasteiger partial charge in [-0.2, -0.15) is 0 Å². The van der Waals surface area contributed by atoms with Gasteiger partial charge in [0, 0.05) is 22.7 Å². The van der Waals surface area contributed by atoms with Crippen LogP contribution in [0.2, 0.25) is 10.0 Å². The van der Waals surface area contributed by atoms with Gasteiger partial charge >= 0.3 is 5.69 Å². The van der Waals surface area contributed by atoms with Crippen molar-refractivity contribution in [3.63, 3.8) is 0 Å². The van der Waals surface area contributed by atoms with Crippen LogP contribution in [0.1, 0.15) is 5.56 Å². The predicted molar refractivity (Wildman–Crippen MR) is 73.8 cm³/mol. The zero-order valence-corrected chi connectivity index (χ0v) is 11.5. The monoisotopic (exact) mass is 315 g/mol. The van der Waals surface area contributed by atoms with Crippen molar-refractivity contribution in [3.8, 4) is 5.75 Å². The Balaban J connectivity index is 2.24. The number of benzene rings is 2. The van der Waals surface area contributed by atoms with Crippen molar-refractivity contribution in [1.82, 2.24) is 0 Å². The second-order valence-corrected chi connectivity index (χ2v) is 4.69. The highest BCUT2D eigenvalue weighted by atomic mass is 35.5. The molecule has 0 fully saturated rings. The molecule has 0 radical (unpaired) electrons. The maximum Gasteiger partial charge on any atom is 0.311 e. The van der Waals surface area contributed by atoms with Crippen molar-refractivity contribution in [2.24, 2.45) is 0 Å². The summed E-state index contributed by atoms with van der Waals surface area (Å²) in [6.45, 7) is -0.0994. The molecule has 0 saturated heterocycles. The lowest BCUT2D eigenvalue weighted by Crippen LogP contribution is -2.00. The van der Waals surface area contributed by atoms with E-state index in [1.165, 1.54) is 30.3 Å². The highest BCUT2D eigenvalue weighted by Crippen LogP contribution is 2.31. The number of nitro groups is 1. The highest BCUT2D eigenvalue weighted by molar-refractivity contribution is 6.31. The van der Waals surface area contributed by atoms with Gasteiger partial charge in [-0.15, -0.1) is 0 Å². The Kier molecular flexibility index (Phi) is 4.42. The third-order valence-corrected chi connectivity index (χ3v) is 3.19. The van der Waals surface area contributed by atoms with E-state index in [2.05, 4.69) is 0 Å². The summed E-state index contributed by atoms with van der Waals surface area (Å²) < 4.78 is 18.6. The van der Waals surface area contributed by atoms with E-state index in [4.69, 9.17) is 27.9 Å². The highest BCUT2D eigenvalue weighted by Gasteiger charge is 2.16. The molecular formula is C13H8Cl2FNO3. The van der Waals surface area contributed by atoms with Crippen molar-refractivity contribution in [2.45, 2.75) is 6.61 Å². The Hall–Kier alpha value is -1.85. The van der Waals surface area contributed by atoms with E-state index in [0.717, 1.165) is 0 Å². The number of rotatable bonds is 4. The first-order chi connectivity index (χ1) is 9.49. The van der Waals surface area contributed by atoms with E-state index >= 15 is 0 Å². The largest absolute Gasteiger partial charge is 0.482 e. The van der Waals surface area contributed by atoms with Gasteiger partial charge < -0.3 is 4.74 Å². The minimum absolute atomic E-state index is 0.00262. The molecule has 0 aliphatic heterocycles. The van der Waals surface area contributed by atoms with Gasteiger partial charge in [-0.3, -0.25) is 10.1 Å². The summed E-state index contributed by atoms with van der Waals surface area (Å²) in [7, 11) is 0. The fourth-order valence-corrected chi connectivity index (χ4v) is 1.91. The molecular weight excluding hydrogens is 308 g/mol. The van der Waals surface area contributed by atoms with Crippen molar-refractivity contribution < 1.29 is 14.1 Å². The smallest absolute Gasteiger partial charge is 0.311 e. The minimum Gasteiger partial charge on any atom is -0.482 e. The lowest BCUT2D eigenvalue weighted by Gasteiger charge is -2.09. The summed E-state index contributed by atoms with van der Waals surface area (Å²) in [4.78, 5) is 10.3. The summed E-state index contributed by atoms with van der Waals surface area (Å²) in [6.07, 6.45) is 0. The molecule has 0 spiro atoms. The molecule has 0 N–H and O–H groups in total. The Labute approximate surface area is 123 Å². The maximum absolute atomic E-state index is 13.3. The molecule has 2 aromatic rings. The van der Waals surface area contributed by atoms with Crippen LogP contribution in [0.5, 0.6) is 5.75 Å². The van der Waals surface area contributed by atoms with Crippen LogP contribution < -0.4 is 4.74 Å². The van der Waals surface area contributed by atoms with Gasteiger partial charge in [-0.1, -0.05) is 35.3 Å². The summed E-state index contributed by atoms with van der Waals surface area (Å²) >= 11 is 11.5. The zero-order chi connectivity index (χ0) is 14.7. The number of halogens is 3. The van der Waals surface area contributed by atoms with Crippen molar-refractivity contribution in [2.75, 3.05) is 0 Å². The number of nitro benzene ring substituents is 1. The van der Waals surface area contributed by atoms with E-state index in [1.54, 1.807) is 6.07 Å². The van der Waals surface area contributed by atoms with E-state index in [-0.39, 0.29) is 23.1 Å². The lowest BCUT2D eigenvalue weighted by atomic mass is 10.2. The molecule has 20 heavy (non-hydrogen) atoms. The van der Waals surface area contributed by atoms with Crippen LogP contribution in [-0.4, -0.2) is 4.92 Å². The Morgan fingerprint density at radius 1 is 1.25 bits per heavy atom. The van der Waals surface area contributed by atoms with Gasteiger partial charge in [0.25, 0.3) is 0 Å². The second-order valence-electron chi connectivity index (χ2n) is 3.87. The van der Waals surface area contributed by atoms with Crippen LogP contribution in [0.15, 0.2) is 36.4 Å². The van der Waals surface area contributed by atoms with Crippen molar-refractivity contribution >= 4 is 28.9 Å². The average molecular weight is 316 g/mol. The van der Waals surface area contributed by atoms with Gasteiger partial charge in [-0.25, -0.2) is 4.39 Å². The summed E-state index contributed by atoms with van der Waals surface area (Å²) in [5.41, 5.74) is 0.169. The molecule has 4 nitrogen and oxygen atoms in total. The second kappa shape index (κ2) is 6.07. The minimum atomic E-state index is -0.584. The molecule has 0 unspecified atom stereocenters. The fourth-order valence-electron chi connectivity index (χ4n) is 1.57. The quantitative estimate of drug-likeness (QED) is 0.611. The number of ether oxygens (including phenoxy) is 1. The first-order valence-electron chi connectivity index (χ1n) is 5.48. The normalized spacial score (nSPS) is 10.3. The van der Waals surface area contributed by atoms with Crippen molar-refractivity contribution in [3.05, 3.63) is 67.9 Å². The van der Waals surface area contributed by atoms with Gasteiger partial charge in [0.2, 0.25) is 0 Å². The van der Waals surface area contributed by atoms with Crippen molar-refractivity contribution in [1.29, 1.82) is 0 Å². The van der Waals surface area contributed by atoms with Gasteiger partial charge in [0.15, 0.2) is 5.75 Å². The fraction of sp³-hybridized carbons (Fsp3) is 0.0769. The van der Waals surface area contributed by atoms with Crippen LogP contribution in [0.3, 0.4) is 0 Å². The number of hydrogen-bond acceptors (Lipinski definition) is 3. The first-order valence-corrected chi connectivity index (χ1v) is 6.24. The van der Waals surface area contributed by atoms with Crippen LogP contribution in [0, 0.1) is 15.9 Å². The summed E-state index contributed by atoms with van der Waals surface area (Å²) in [6, 6.07) is 8.22. The number of nitrogens with zero attached hydrogens (tertiary/aromatic N) is 1. The molecule has 0 bridgehead atoms. The Morgan fingerprint density at radius 3 is 2.70 bits per heavy atom. The molecule has 0 aliphatic rings. The third-order valence-electron chi connectivity index (χ3n) is 2.53. The molecule has 0 amide bonds. The molecule has 0 aliphatic carbocycles. The number of hydrogen-bond donors (Lipinski definition) is 0. The predicted octanol–water partition coefficient (Wildman–Crippen LogP) is 4.62. The topological polar surface area (TPSA) is 52.4 Å². The molecule has 2 rings (SSSR count). The molecule has 0 atom stereocenters.